The number of allylic oxidation sites excluding steroid dienone is 1. The van der Waals surface area contributed by atoms with Crippen molar-refractivity contribution in [3.8, 4) is 0 Å². The first-order valence-electron chi connectivity index (χ1n) is 4.55. The number of aromatic carboxylic acids is 1. The first-order valence-corrected chi connectivity index (χ1v) is 5.53. The van der Waals surface area contributed by atoms with Gasteiger partial charge in [0.1, 0.15) is 0 Å². The van der Waals surface area contributed by atoms with Crippen molar-refractivity contribution >= 4 is 17.7 Å². The summed E-state index contributed by atoms with van der Waals surface area (Å²) in [5, 5.41) is 9.51. The number of carboxylic acid groups (broad SMARTS) is 1. The zero-order valence-electron chi connectivity index (χ0n) is 8.73. The first kappa shape index (κ1) is 11.8. The lowest BCUT2D eigenvalue weighted by atomic mass is 10.3. The van der Waals surface area contributed by atoms with Gasteiger partial charge in [-0.15, -0.1) is 11.8 Å². The van der Waals surface area contributed by atoms with Gasteiger partial charge >= 0.3 is 5.97 Å². The van der Waals surface area contributed by atoms with Gasteiger partial charge in [0.15, 0.2) is 0 Å². The van der Waals surface area contributed by atoms with E-state index in [4.69, 9.17) is 5.11 Å². The number of hydrogen-bond donors (Lipinski definition) is 1. The molecule has 0 saturated heterocycles. The van der Waals surface area contributed by atoms with E-state index < -0.39 is 5.97 Å². The third-order valence-corrected chi connectivity index (χ3v) is 2.58. The van der Waals surface area contributed by atoms with Crippen molar-refractivity contribution in [3.63, 3.8) is 0 Å². The smallest absolute Gasteiger partial charge is 0.337 e. The van der Waals surface area contributed by atoms with Crippen LogP contribution in [-0.4, -0.2) is 21.8 Å². The first-order chi connectivity index (χ1) is 7.09. The molecule has 1 N–H and O–H groups in total. The number of rotatable bonds is 4. The number of hydrogen-bond acceptors (Lipinski definition) is 3. The fraction of sp³-hybridized carbons (Fsp3) is 0.273. The molecule has 4 heteroatoms. The second kappa shape index (κ2) is 5.56. The standard InChI is InChI=1S/C11H13NO2S/c1-8(2)5-6-15-10-4-3-9(7-12-10)11(13)14/h3-5,7H,6H2,1-2H3,(H,13,14). The average molecular weight is 223 g/mol. The molecule has 0 saturated carbocycles. The Bertz CT molecular complexity index is 367. The van der Waals surface area contributed by atoms with E-state index >= 15 is 0 Å². The fourth-order valence-electron chi connectivity index (χ4n) is 0.886. The van der Waals surface area contributed by atoms with Crippen molar-refractivity contribution in [3.05, 3.63) is 35.5 Å². The fourth-order valence-corrected chi connectivity index (χ4v) is 1.76. The van der Waals surface area contributed by atoms with E-state index in [2.05, 4.69) is 11.1 Å². The molecule has 1 aromatic heterocycles. The molecule has 0 amide bonds. The van der Waals surface area contributed by atoms with Crippen LogP contribution in [0.15, 0.2) is 35.0 Å². The lowest BCUT2D eigenvalue weighted by Gasteiger charge is -1.98. The van der Waals surface area contributed by atoms with Crippen LogP contribution in [0.4, 0.5) is 0 Å². The molecule has 0 radical (unpaired) electrons. The molecule has 0 fully saturated rings. The predicted octanol–water partition coefficient (Wildman–Crippen LogP) is 2.84. The van der Waals surface area contributed by atoms with E-state index in [1.807, 2.05) is 13.8 Å². The van der Waals surface area contributed by atoms with Crippen molar-refractivity contribution in [2.45, 2.75) is 18.9 Å². The number of thioether (sulfide) groups is 1. The maximum absolute atomic E-state index is 10.6. The Morgan fingerprint density at radius 2 is 2.27 bits per heavy atom. The van der Waals surface area contributed by atoms with Crippen LogP contribution in [0.5, 0.6) is 0 Å². The van der Waals surface area contributed by atoms with Crippen molar-refractivity contribution in [2.75, 3.05) is 5.75 Å². The van der Waals surface area contributed by atoms with Crippen LogP contribution in [0.2, 0.25) is 0 Å². The molecule has 0 bridgehead atoms. The highest BCUT2D eigenvalue weighted by atomic mass is 32.2. The third-order valence-electron chi connectivity index (χ3n) is 1.71. The Labute approximate surface area is 93.2 Å². The van der Waals surface area contributed by atoms with Crippen LogP contribution in [0.1, 0.15) is 24.2 Å². The number of pyridine rings is 1. The number of carbonyl (C=O) groups is 1. The molecule has 15 heavy (non-hydrogen) atoms. The van der Waals surface area contributed by atoms with Crippen LogP contribution in [0, 0.1) is 0 Å². The van der Waals surface area contributed by atoms with E-state index in [-0.39, 0.29) is 5.56 Å². The summed E-state index contributed by atoms with van der Waals surface area (Å²) in [5.74, 6) is -0.0785. The number of aromatic nitrogens is 1. The molecule has 0 aliphatic rings. The molecule has 0 aliphatic heterocycles. The Morgan fingerprint density at radius 3 is 2.73 bits per heavy atom. The van der Waals surface area contributed by atoms with E-state index in [1.165, 1.54) is 11.8 Å². The minimum Gasteiger partial charge on any atom is -0.478 e. The van der Waals surface area contributed by atoms with Gasteiger partial charge < -0.3 is 5.11 Å². The van der Waals surface area contributed by atoms with Crippen molar-refractivity contribution in [1.82, 2.24) is 4.98 Å². The quantitative estimate of drug-likeness (QED) is 0.630. The highest BCUT2D eigenvalue weighted by Gasteiger charge is 2.02. The minimum absolute atomic E-state index is 0.224. The second-order valence-electron chi connectivity index (χ2n) is 3.28. The number of carboxylic acids is 1. The zero-order valence-corrected chi connectivity index (χ0v) is 9.54. The normalized spacial score (nSPS) is 9.73. The summed E-state index contributed by atoms with van der Waals surface area (Å²) < 4.78 is 0. The van der Waals surface area contributed by atoms with Gasteiger partial charge in [-0.05, 0) is 26.0 Å². The molecule has 80 valence electrons. The minimum atomic E-state index is -0.941. The summed E-state index contributed by atoms with van der Waals surface area (Å²) in [7, 11) is 0. The molecule has 1 aromatic rings. The van der Waals surface area contributed by atoms with Gasteiger partial charge in [0, 0.05) is 11.9 Å². The van der Waals surface area contributed by atoms with E-state index in [9.17, 15) is 4.79 Å². The van der Waals surface area contributed by atoms with Crippen molar-refractivity contribution in [1.29, 1.82) is 0 Å². The third kappa shape index (κ3) is 4.16. The Kier molecular flexibility index (Phi) is 4.37. The largest absolute Gasteiger partial charge is 0.478 e. The lowest BCUT2D eigenvalue weighted by molar-refractivity contribution is 0.0696. The number of nitrogens with zero attached hydrogens (tertiary/aromatic N) is 1. The molecular formula is C11H13NO2S. The van der Waals surface area contributed by atoms with Crippen molar-refractivity contribution in [2.24, 2.45) is 0 Å². The highest BCUT2D eigenvalue weighted by Crippen LogP contribution is 2.15. The van der Waals surface area contributed by atoms with Crippen LogP contribution in [0.3, 0.4) is 0 Å². The van der Waals surface area contributed by atoms with Crippen molar-refractivity contribution < 1.29 is 9.90 Å². The monoisotopic (exact) mass is 223 g/mol. The molecule has 1 rings (SSSR count). The zero-order chi connectivity index (χ0) is 11.3. The summed E-state index contributed by atoms with van der Waals surface area (Å²) in [4.78, 5) is 14.6. The summed E-state index contributed by atoms with van der Waals surface area (Å²) in [6, 6.07) is 3.30. The maximum Gasteiger partial charge on any atom is 0.337 e. The SMILES string of the molecule is CC(C)=CCSc1ccc(C(=O)O)cn1. The van der Waals surface area contributed by atoms with Gasteiger partial charge in [-0.1, -0.05) is 11.6 Å². The molecule has 0 aromatic carbocycles. The van der Waals surface area contributed by atoms with E-state index in [0.717, 1.165) is 10.8 Å². The van der Waals surface area contributed by atoms with Crippen LogP contribution in [0.25, 0.3) is 0 Å². The van der Waals surface area contributed by atoms with Gasteiger partial charge in [0.25, 0.3) is 0 Å². The summed E-state index contributed by atoms with van der Waals surface area (Å²) in [6.07, 6.45) is 3.49. The topological polar surface area (TPSA) is 50.2 Å². The predicted molar refractivity (Wildman–Crippen MR) is 61.4 cm³/mol. The van der Waals surface area contributed by atoms with E-state index in [0.29, 0.717) is 0 Å². The molecule has 0 unspecified atom stereocenters. The summed E-state index contributed by atoms with van der Waals surface area (Å²) in [5.41, 5.74) is 1.49. The van der Waals surface area contributed by atoms with Crippen LogP contribution in [-0.2, 0) is 0 Å². The van der Waals surface area contributed by atoms with Gasteiger partial charge in [-0.2, -0.15) is 0 Å². The molecule has 0 spiro atoms. The van der Waals surface area contributed by atoms with Gasteiger partial charge in [0.2, 0.25) is 0 Å². The summed E-state index contributed by atoms with van der Waals surface area (Å²) in [6.45, 7) is 4.09. The molecular weight excluding hydrogens is 210 g/mol. The van der Waals surface area contributed by atoms with Crippen LogP contribution < -0.4 is 0 Å². The van der Waals surface area contributed by atoms with Gasteiger partial charge in [-0.3, -0.25) is 0 Å². The van der Waals surface area contributed by atoms with E-state index in [1.54, 1.807) is 23.9 Å². The van der Waals surface area contributed by atoms with Gasteiger partial charge in [0.05, 0.1) is 10.6 Å². The Morgan fingerprint density at radius 1 is 1.53 bits per heavy atom. The average Bonchev–Trinajstić information content (AvgIpc) is 2.18. The van der Waals surface area contributed by atoms with Gasteiger partial charge in [-0.25, -0.2) is 9.78 Å². The molecule has 3 nitrogen and oxygen atoms in total. The Balaban J connectivity index is 2.57. The highest BCUT2D eigenvalue weighted by molar-refractivity contribution is 7.99. The maximum atomic E-state index is 10.6. The van der Waals surface area contributed by atoms with Crippen LogP contribution >= 0.6 is 11.8 Å². The molecule has 0 aliphatic carbocycles. The summed E-state index contributed by atoms with van der Waals surface area (Å²) >= 11 is 1.59. The Hall–Kier alpha value is -1.29. The molecule has 0 atom stereocenters. The molecule has 1 heterocycles. The lowest BCUT2D eigenvalue weighted by Crippen LogP contribution is -1.96. The second-order valence-corrected chi connectivity index (χ2v) is 4.32.